The van der Waals surface area contributed by atoms with E-state index in [1.54, 1.807) is 24.3 Å². The number of rotatable bonds is 8. The summed E-state index contributed by atoms with van der Waals surface area (Å²) in [6.45, 7) is 1.98. The molecule has 0 amide bonds. The Hall–Kier alpha value is -2.38. The number of hydrogen-bond donors (Lipinski definition) is 1. The summed E-state index contributed by atoms with van der Waals surface area (Å²) in [5.41, 5.74) is 1.33. The normalized spacial score (nSPS) is 14.2. The van der Waals surface area contributed by atoms with Crippen molar-refractivity contribution in [1.29, 1.82) is 0 Å². The van der Waals surface area contributed by atoms with Crippen molar-refractivity contribution in [3.63, 3.8) is 0 Å². The van der Waals surface area contributed by atoms with E-state index < -0.39 is 16.1 Å². The van der Waals surface area contributed by atoms with Gasteiger partial charge in [-0.15, -0.1) is 0 Å². The van der Waals surface area contributed by atoms with E-state index in [-0.39, 0.29) is 22.8 Å². The summed E-state index contributed by atoms with van der Waals surface area (Å²) in [4.78, 5) is 11.5. The van der Waals surface area contributed by atoms with Crippen LogP contribution in [0.25, 0.3) is 0 Å². The van der Waals surface area contributed by atoms with Crippen molar-refractivity contribution in [2.75, 3.05) is 6.61 Å². The highest BCUT2D eigenvalue weighted by Crippen LogP contribution is 2.32. The first-order valence-corrected chi connectivity index (χ1v) is 9.72. The van der Waals surface area contributed by atoms with Gasteiger partial charge in [0.1, 0.15) is 11.3 Å². The Bertz CT molecular complexity index is 898. The number of hydrogen-bond acceptors (Lipinski definition) is 5. The fourth-order valence-electron chi connectivity index (χ4n) is 2.44. The van der Waals surface area contributed by atoms with E-state index in [9.17, 15) is 18.3 Å². The quantitative estimate of drug-likeness (QED) is 0.710. The molecule has 26 heavy (non-hydrogen) atoms. The fourth-order valence-corrected chi connectivity index (χ4v) is 3.32. The second kappa shape index (κ2) is 7.47. The van der Waals surface area contributed by atoms with E-state index in [2.05, 4.69) is 0 Å². The molecule has 0 atom stereocenters. The van der Waals surface area contributed by atoms with Crippen LogP contribution in [0.4, 0.5) is 0 Å². The van der Waals surface area contributed by atoms with E-state index in [4.69, 9.17) is 8.92 Å². The molecule has 0 spiro atoms. The molecule has 0 aromatic heterocycles. The number of benzene rings is 2. The van der Waals surface area contributed by atoms with Crippen LogP contribution in [0.15, 0.2) is 47.4 Å². The molecule has 6 nitrogen and oxygen atoms in total. The van der Waals surface area contributed by atoms with Crippen molar-refractivity contribution >= 4 is 16.1 Å². The zero-order valence-electron chi connectivity index (χ0n) is 14.3. The van der Waals surface area contributed by atoms with Gasteiger partial charge in [-0.2, -0.15) is 8.42 Å². The molecular weight excluding hydrogens is 356 g/mol. The lowest BCUT2D eigenvalue weighted by atomic mass is 10.1. The van der Waals surface area contributed by atoms with Crippen LogP contribution in [0.5, 0.6) is 5.75 Å². The molecule has 2 aromatic rings. The smallest absolute Gasteiger partial charge is 0.339 e. The SMILES string of the molecule is Cc1ccc(S(=O)(=O)OCc2cccc(C(=O)O)c2OCC2CC2)cc1. The molecule has 1 saturated carbocycles. The first-order chi connectivity index (χ1) is 12.4. The number of aromatic carboxylic acids is 1. The topological polar surface area (TPSA) is 89.9 Å². The third kappa shape index (κ3) is 4.42. The van der Waals surface area contributed by atoms with Crippen LogP contribution in [-0.4, -0.2) is 26.1 Å². The highest BCUT2D eigenvalue weighted by atomic mass is 32.2. The lowest BCUT2D eigenvalue weighted by Gasteiger charge is -2.14. The molecular formula is C19H20O6S. The lowest BCUT2D eigenvalue weighted by Crippen LogP contribution is -2.11. The standard InChI is InChI=1S/C19H20O6S/c1-13-5-9-16(10-6-13)26(22,23)25-12-15-3-2-4-17(19(20)21)18(15)24-11-14-7-8-14/h2-6,9-10,14H,7-8,11-12H2,1H3,(H,20,21). The Balaban J connectivity index is 1.80. The molecule has 0 aliphatic heterocycles. The number of ether oxygens (including phenoxy) is 1. The first kappa shape index (κ1) is 18.4. The predicted molar refractivity (Wildman–Crippen MR) is 94.8 cm³/mol. The van der Waals surface area contributed by atoms with Gasteiger partial charge in [0.15, 0.2) is 0 Å². The van der Waals surface area contributed by atoms with Gasteiger partial charge in [0.05, 0.1) is 18.1 Å². The van der Waals surface area contributed by atoms with Gasteiger partial charge >= 0.3 is 5.97 Å². The van der Waals surface area contributed by atoms with Gasteiger partial charge in [-0.25, -0.2) is 4.79 Å². The number of carboxylic acids is 1. The summed E-state index contributed by atoms with van der Waals surface area (Å²) in [6, 6.07) is 10.9. The van der Waals surface area contributed by atoms with Gasteiger partial charge < -0.3 is 9.84 Å². The molecule has 0 unspecified atom stereocenters. The van der Waals surface area contributed by atoms with Gasteiger partial charge in [0.25, 0.3) is 10.1 Å². The van der Waals surface area contributed by atoms with Crippen molar-refractivity contribution in [2.24, 2.45) is 5.92 Å². The van der Waals surface area contributed by atoms with E-state index in [1.807, 2.05) is 6.92 Å². The predicted octanol–water partition coefficient (Wildman–Crippen LogP) is 3.39. The van der Waals surface area contributed by atoms with Crippen molar-refractivity contribution in [1.82, 2.24) is 0 Å². The molecule has 7 heteroatoms. The zero-order chi connectivity index (χ0) is 18.7. The molecule has 0 saturated heterocycles. The van der Waals surface area contributed by atoms with Gasteiger partial charge in [0, 0.05) is 5.56 Å². The van der Waals surface area contributed by atoms with Crippen molar-refractivity contribution < 1.29 is 27.2 Å². The van der Waals surface area contributed by atoms with Crippen molar-refractivity contribution in [3.8, 4) is 5.75 Å². The van der Waals surface area contributed by atoms with Crippen LogP contribution in [-0.2, 0) is 20.9 Å². The number of para-hydroxylation sites is 1. The Labute approximate surface area is 152 Å². The zero-order valence-corrected chi connectivity index (χ0v) is 15.2. The summed E-state index contributed by atoms with van der Waals surface area (Å²) in [5, 5.41) is 9.36. The van der Waals surface area contributed by atoms with Crippen LogP contribution in [0.1, 0.15) is 34.3 Å². The van der Waals surface area contributed by atoms with Gasteiger partial charge in [-0.1, -0.05) is 29.8 Å². The Morgan fingerprint density at radius 2 is 1.85 bits per heavy atom. The van der Waals surface area contributed by atoms with Crippen molar-refractivity contribution in [2.45, 2.75) is 31.3 Å². The number of carboxylic acid groups (broad SMARTS) is 1. The largest absolute Gasteiger partial charge is 0.492 e. The van der Waals surface area contributed by atoms with Gasteiger partial charge in [-0.3, -0.25) is 4.18 Å². The van der Waals surface area contributed by atoms with Crippen LogP contribution < -0.4 is 4.74 Å². The monoisotopic (exact) mass is 376 g/mol. The summed E-state index contributed by atoms with van der Waals surface area (Å²) < 4.78 is 35.5. The Morgan fingerprint density at radius 1 is 1.15 bits per heavy atom. The Morgan fingerprint density at radius 3 is 2.46 bits per heavy atom. The molecule has 1 fully saturated rings. The molecule has 1 aliphatic rings. The maximum Gasteiger partial charge on any atom is 0.339 e. The average molecular weight is 376 g/mol. The molecule has 0 heterocycles. The van der Waals surface area contributed by atoms with Crippen LogP contribution in [0.3, 0.4) is 0 Å². The molecule has 2 aromatic carbocycles. The number of aryl methyl sites for hydroxylation is 1. The van der Waals surface area contributed by atoms with Gasteiger partial charge in [0.2, 0.25) is 0 Å². The average Bonchev–Trinajstić information content (AvgIpc) is 3.43. The first-order valence-electron chi connectivity index (χ1n) is 8.31. The second-order valence-electron chi connectivity index (χ2n) is 6.38. The molecule has 3 rings (SSSR count). The van der Waals surface area contributed by atoms with Gasteiger partial charge in [-0.05, 0) is 43.9 Å². The summed E-state index contributed by atoms with van der Waals surface area (Å²) in [6.07, 6.45) is 2.12. The lowest BCUT2D eigenvalue weighted by molar-refractivity contribution is 0.0691. The Kier molecular flexibility index (Phi) is 5.29. The van der Waals surface area contributed by atoms with E-state index in [0.29, 0.717) is 18.1 Å². The maximum atomic E-state index is 12.3. The van der Waals surface area contributed by atoms with E-state index >= 15 is 0 Å². The highest BCUT2D eigenvalue weighted by Gasteiger charge is 2.25. The van der Waals surface area contributed by atoms with Crippen LogP contribution >= 0.6 is 0 Å². The minimum atomic E-state index is -3.95. The molecule has 138 valence electrons. The minimum Gasteiger partial charge on any atom is -0.492 e. The third-order valence-corrected chi connectivity index (χ3v) is 5.44. The molecule has 0 bridgehead atoms. The van der Waals surface area contributed by atoms with E-state index in [1.165, 1.54) is 18.2 Å². The highest BCUT2D eigenvalue weighted by molar-refractivity contribution is 7.86. The van der Waals surface area contributed by atoms with E-state index in [0.717, 1.165) is 18.4 Å². The summed E-state index contributed by atoms with van der Waals surface area (Å²) in [7, 11) is -3.95. The maximum absolute atomic E-state index is 12.3. The molecule has 1 aliphatic carbocycles. The molecule has 0 radical (unpaired) electrons. The van der Waals surface area contributed by atoms with Crippen molar-refractivity contribution in [3.05, 3.63) is 59.2 Å². The van der Waals surface area contributed by atoms with Crippen LogP contribution in [0, 0.1) is 12.8 Å². The molecule has 1 N–H and O–H groups in total. The fraction of sp³-hybridized carbons (Fsp3) is 0.316. The third-order valence-electron chi connectivity index (χ3n) is 4.17. The number of carbonyl (C=O) groups is 1. The second-order valence-corrected chi connectivity index (χ2v) is 8.00. The summed E-state index contributed by atoms with van der Waals surface area (Å²) in [5.74, 6) is -0.521. The summed E-state index contributed by atoms with van der Waals surface area (Å²) >= 11 is 0. The van der Waals surface area contributed by atoms with Crippen LogP contribution in [0.2, 0.25) is 0 Å². The minimum absolute atomic E-state index is 0.000478.